The van der Waals surface area contributed by atoms with Crippen molar-refractivity contribution in [1.29, 1.82) is 0 Å². The summed E-state index contributed by atoms with van der Waals surface area (Å²) in [7, 11) is 4.89. The number of hydrogen-bond donors (Lipinski definition) is 1. The van der Waals surface area contributed by atoms with Crippen molar-refractivity contribution in [3.8, 4) is 5.75 Å². The van der Waals surface area contributed by atoms with Crippen molar-refractivity contribution in [3.63, 3.8) is 0 Å². The molecular weight excluding hydrogens is 266 g/mol. The van der Waals surface area contributed by atoms with E-state index in [9.17, 15) is 9.90 Å². The van der Waals surface area contributed by atoms with E-state index in [0.29, 0.717) is 16.9 Å². The molecule has 0 heterocycles. The number of carbonyl (C=O) groups is 1. The van der Waals surface area contributed by atoms with Gasteiger partial charge in [0.05, 0.1) is 7.11 Å². The van der Waals surface area contributed by atoms with Crippen molar-refractivity contribution < 1.29 is 14.6 Å². The molecule has 0 bridgehead atoms. The van der Waals surface area contributed by atoms with Crippen molar-refractivity contribution in [2.45, 2.75) is 6.10 Å². The average molecular weight is 285 g/mol. The molecule has 0 unspecified atom stereocenters. The van der Waals surface area contributed by atoms with Crippen LogP contribution in [-0.2, 0) is 0 Å². The van der Waals surface area contributed by atoms with Gasteiger partial charge in [-0.15, -0.1) is 0 Å². The fourth-order valence-corrected chi connectivity index (χ4v) is 2.23. The van der Waals surface area contributed by atoms with Crippen LogP contribution in [0, 0.1) is 0 Å². The van der Waals surface area contributed by atoms with E-state index in [1.165, 1.54) is 12.0 Å². The van der Waals surface area contributed by atoms with Crippen LogP contribution in [-0.4, -0.2) is 37.1 Å². The Morgan fingerprint density at radius 2 is 1.76 bits per heavy atom. The van der Waals surface area contributed by atoms with Crippen molar-refractivity contribution in [3.05, 3.63) is 65.2 Å². The Labute approximate surface area is 124 Å². The number of methoxy groups -OCH3 is 1. The Bertz CT molecular complexity index is 623. The molecule has 4 nitrogen and oxygen atoms in total. The summed E-state index contributed by atoms with van der Waals surface area (Å²) in [5, 5.41) is 10.7. The van der Waals surface area contributed by atoms with Crippen LogP contribution in [0.4, 0.5) is 0 Å². The topological polar surface area (TPSA) is 49.8 Å². The molecule has 0 aliphatic rings. The van der Waals surface area contributed by atoms with E-state index in [1.54, 1.807) is 32.3 Å². The van der Waals surface area contributed by atoms with Crippen LogP contribution in [0.15, 0.2) is 48.5 Å². The molecule has 2 aromatic carbocycles. The first-order valence-electron chi connectivity index (χ1n) is 6.67. The summed E-state index contributed by atoms with van der Waals surface area (Å²) in [5.41, 5.74) is 1.65. The molecule has 4 heteroatoms. The van der Waals surface area contributed by atoms with Crippen molar-refractivity contribution in [2.75, 3.05) is 21.2 Å². The van der Waals surface area contributed by atoms with Crippen LogP contribution in [0.3, 0.4) is 0 Å². The zero-order valence-electron chi connectivity index (χ0n) is 12.4. The lowest BCUT2D eigenvalue weighted by molar-refractivity contribution is 0.0821. The predicted octanol–water partition coefficient (Wildman–Crippen LogP) is 2.48. The molecule has 1 N–H and O–H groups in total. The summed E-state index contributed by atoms with van der Waals surface area (Å²) in [6, 6.07) is 14.4. The molecule has 0 aliphatic heterocycles. The number of aliphatic hydroxyl groups excluding tert-OH is 1. The van der Waals surface area contributed by atoms with Gasteiger partial charge in [0, 0.05) is 25.2 Å². The third-order valence-corrected chi connectivity index (χ3v) is 3.31. The minimum Gasteiger partial charge on any atom is -0.496 e. The lowest BCUT2D eigenvalue weighted by atomic mass is 9.95. The molecule has 0 saturated carbocycles. The number of rotatable bonds is 4. The number of carbonyl (C=O) groups excluding carboxylic acids is 1. The molecule has 0 aliphatic carbocycles. The number of benzene rings is 2. The highest BCUT2D eigenvalue weighted by atomic mass is 16.5. The van der Waals surface area contributed by atoms with Crippen LogP contribution in [0.1, 0.15) is 27.6 Å². The first-order chi connectivity index (χ1) is 10.1. The molecule has 21 heavy (non-hydrogen) atoms. The number of amides is 1. The Morgan fingerprint density at radius 3 is 2.33 bits per heavy atom. The van der Waals surface area contributed by atoms with Gasteiger partial charge >= 0.3 is 0 Å². The molecule has 2 rings (SSSR count). The standard InChI is InChI=1S/C17H19NO3/c1-18(2)17(20)13-10-7-11-14(21-3)15(13)16(19)12-8-5-4-6-9-12/h4-11,16,19H,1-3H3/t16-/m1/s1. The van der Waals surface area contributed by atoms with Crippen LogP contribution >= 0.6 is 0 Å². The predicted molar refractivity (Wildman–Crippen MR) is 81.5 cm³/mol. The minimum atomic E-state index is -0.916. The molecular formula is C17H19NO3. The SMILES string of the molecule is COc1cccc(C(=O)N(C)C)c1[C@H](O)c1ccccc1. The zero-order valence-corrected chi connectivity index (χ0v) is 12.4. The maximum Gasteiger partial charge on any atom is 0.253 e. The van der Waals surface area contributed by atoms with Crippen LogP contribution in [0.25, 0.3) is 0 Å². The third-order valence-electron chi connectivity index (χ3n) is 3.31. The average Bonchev–Trinajstić information content (AvgIpc) is 2.53. The first-order valence-corrected chi connectivity index (χ1v) is 6.67. The summed E-state index contributed by atoms with van der Waals surface area (Å²) in [6.45, 7) is 0. The number of ether oxygens (including phenoxy) is 1. The Hall–Kier alpha value is -2.33. The highest BCUT2D eigenvalue weighted by molar-refractivity contribution is 5.96. The quantitative estimate of drug-likeness (QED) is 0.939. The highest BCUT2D eigenvalue weighted by Gasteiger charge is 2.23. The van der Waals surface area contributed by atoms with Gasteiger partial charge in [-0.1, -0.05) is 36.4 Å². The van der Waals surface area contributed by atoms with Crippen molar-refractivity contribution in [1.82, 2.24) is 4.90 Å². The molecule has 1 atom stereocenters. The second-order valence-electron chi connectivity index (χ2n) is 4.93. The maximum atomic E-state index is 12.3. The van der Waals surface area contributed by atoms with Crippen LogP contribution < -0.4 is 4.74 Å². The van der Waals surface area contributed by atoms with Crippen molar-refractivity contribution in [2.24, 2.45) is 0 Å². The lowest BCUT2D eigenvalue weighted by Crippen LogP contribution is -2.24. The van der Waals surface area contributed by atoms with E-state index in [1.807, 2.05) is 30.3 Å². The summed E-state index contributed by atoms with van der Waals surface area (Å²) in [4.78, 5) is 13.8. The largest absolute Gasteiger partial charge is 0.496 e. The van der Waals surface area contributed by atoms with E-state index < -0.39 is 6.10 Å². The molecule has 2 aromatic rings. The Balaban J connectivity index is 2.57. The first kappa shape index (κ1) is 15.1. The van der Waals surface area contributed by atoms with Gasteiger partial charge in [-0.2, -0.15) is 0 Å². The summed E-state index contributed by atoms with van der Waals surface area (Å²) in [6.07, 6.45) is -0.916. The minimum absolute atomic E-state index is 0.168. The van der Waals surface area contributed by atoms with Gasteiger partial charge in [-0.05, 0) is 17.7 Å². The smallest absolute Gasteiger partial charge is 0.253 e. The maximum absolute atomic E-state index is 12.3. The van der Waals surface area contributed by atoms with E-state index in [4.69, 9.17) is 4.74 Å². The van der Waals surface area contributed by atoms with Crippen LogP contribution in [0.2, 0.25) is 0 Å². The number of hydrogen-bond acceptors (Lipinski definition) is 3. The normalized spacial score (nSPS) is 11.8. The van der Waals surface area contributed by atoms with Gasteiger partial charge < -0.3 is 14.7 Å². The Kier molecular flexibility index (Phi) is 4.60. The summed E-state index contributed by atoms with van der Waals surface area (Å²) >= 11 is 0. The van der Waals surface area contributed by atoms with E-state index in [2.05, 4.69) is 0 Å². The Morgan fingerprint density at radius 1 is 1.10 bits per heavy atom. The van der Waals surface area contributed by atoms with Crippen LogP contribution in [0.5, 0.6) is 5.75 Å². The van der Waals surface area contributed by atoms with E-state index in [-0.39, 0.29) is 5.91 Å². The summed E-state index contributed by atoms with van der Waals surface area (Å²) in [5.74, 6) is 0.331. The molecule has 0 spiro atoms. The summed E-state index contributed by atoms with van der Waals surface area (Å²) < 4.78 is 5.33. The second kappa shape index (κ2) is 6.41. The molecule has 0 fully saturated rings. The van der Waals surface area contributed by atoms with E-state index >= 15 is 0 Å². The molecule has 110 valence electrons. The number of nitrogens with zero attached hydrogens (tertiary/aromatic N) is 1. The zero-order chi connectivity index (χ0) is 15.4. The molecule has 0 saturated heterocycles. The van der Waals surface area contributed by atoms with Gasteiger partial charge in [0.2, 0.25) is 0 Å². The lowest BCUT2D eigenvalue weighted by Gasteiger charge is -2.20. The fraction of sp³-hybridized carbons (Fsp3) is 0.235. The van der Waals surface area contributed by atoms with Gasteiger partial charge in [0.15, 0.2) is 0 Å². The van der Waals surface area contributed by atoms with E-state index in [0.717, 1.165) is 5.56 Å². The fourth-order valence-electron chi connectivity index (χ4n) is 2.23. The van der Waals surface area contributed by atoms with Gasteiger partial charge in [-0.25, -0.2) is 0 Å². The monoisotopic (exact) mass is 285 g/mol. The van der Waals surface area contributed by atoms with Gasteiger partial charge in [0.1, 0.15) is 11.9 Å². The molecule has 0 radical (unpaired) electrons. The molecule has 0 aromatic heterocycles. The van der Waals surface area contributed by atoms with Crippen molar-refractivity contribution >= 4 is 5.91 Å². The number of aliphatic hydroxyl groups is 1. The van der Waals surface area contributed by atoms with Gasteiger partial charge in [-0.3, -0.25) is 4.79 Å². The van der Waals surface area contributed by atoms with Gasteiger partial charge in [0.25, 0.3) is 5.91 Å². The third kappa shape index (κ3) is 3.06. The molecule has 1 amide bonds. The second-order valence-corrected chi connectivity index (χ2v) is 4.93. The highest BCUT2D eigenvalue weighted by Crippen LogP contribution is 2.33.